The monoisotopic (exact) mass is 417 g/mol. The van der Waals surface area contributed by atoms with Crippen molar-refractivity contribution in [3.8, 4) is 0 Å². The van der Waals surface area contributed by atoms with Gasteiger partial charge in [-0.3, -0.25) is 0 Å². The second kappa shape index (κ2) is 7.47. The van der Waals surface area contributed by atoms with Crippen molar-refractivity contribution < 1.29 is 8.78 Å². The predicted molar refractivity (Wildman–Crippen MR) is 88.3 cm³/mol. The highest BCUT2D eigenvalue weighted by atomic mass is 79.9. The zero-order valence-corrected chi connectivity index (χ0v) is 14.6. The van der Waals surface area contributed by atoms with E-state index in [1.165, 1.54) is 12.1 Å². The highest BCUT2D eigenvalue weighted by Crippen LogP contribution is 2.31. The van der Waals surface area contributed by atoms with Crippen LogP contribution in [0, 0.1) is 11.6 Å². The van der Waals surface area contributed by atoms with Crippen LogP contribution >= 0.6 is 31.9 Å². The lowest BCUT2D eigenvalue weighted by molar-refractivity contribution is 0.505. The molecule has 0 saturated heterocycles. The Morgan fingerprint density at radius 2 is 1.71 bits per heavy atom. The molecule has 1 atom stereocenters. The van der Waals surface area contributed by atoms with Gasteiger partial charge in [0.25, 0.3) is 0 Å². The van der Waals surface area contributed by atoms with E-state index in [4.69, 9.17) is 0 Å². The van der Waals surface area contributed by atoms with Gasteiger partial charge in [-0.05, 0) is 52.7 Å². The zero-order valence-electron chi connectivity index (χ0n) is 11.5. The lowest BCUT2D eigenvalue weighted by atomic mass is 9.98. The molecule has 0 spiro atoms. The fourth-order valence-electron chi connectivity index (χ4n) is 2.29. The van der Waals surface area contributed by atoms with E-state index < -0.39 is 0 Å². The number of nitrogens with one attached hydrogen (secondary N) is 1. The lowest BCUT2D eigenvalue weighted by Crippen LogP contribution is -2.24. The van der Waals surface area contributed by atoms with Crippen LogP contribution in [0.25, 0.3) is 0 Å². The summed E-state index contributed by atoms with van der Waals surface area (Å²) in [6.07, 6.45) is 0.492. The van der Waals surface area contributed by atoms with Crippen LogP contribution in [0.5, 0.6) is 0 Å². The van der Waals surface area contributed by atoms with Crippen LogP contribution in [0.3, 0.4) is 0 Å². The molecule has 0 heterocycles. The summed E-state index contributed by atoms with van der Waals surface area (Å²) in [5.41, 5.74) is 1.37. The molecule has 1 nitrogen and oxygen atoms in total. The number of hydrogen-bond acceptors (Lipinski definition) is 1. The smallest absolute Gasteiger partial charge is 0.137 e. The molecule has 0 amide bonds. The Balaban J connectivity index is 2.38. The third kappa shape index (κ3) is 3.90. The number of likely N-dealkylation sites (N-methyl/N-ethyl adjacent to an activating group) is 1. The molecule has 0 aromatic heterocycles. The zero-order chi connectivity index (χ0) is 15.4. The van der Waals surface area contributed by atoms with Crippen LogP contribution in [0.15, 0.2) is 45.3 Å². The van der Waals surface area contributed by atoms with Gasteiger partial charge in [-0.15, -0.1) is 0 Å². The van der Waals surface area contributed by atoms with E-state index in [-0.39, 0.29) is 17.7 Å². The second-order valence-electron chi connectivity index (χ2n) is 4.66. The van der Waals surface area contributed by atoms with Gasteiger partial charge in [-0.2, -0.15) is 0 Å². The van der Waals surface area contributed by atoms with E-state index in [9.17, 15) is 8.78 Å². The largest absolute Gasteiger partial charge is 0.310 e. The molecule has 2 aromatic carbocycles. The summed E-state index contributed by atoms with van der Waals surface area (Å²) in [7, 11) is 0. The summed E-state index contributed by atoms with van der Waals surface area (Å²) < 4.78 is 28.9. The van der Waals surface area contributed by atoms with Gasteiger partial charge in [0.05, 0.1) is 4.47 Å². The Hall–Kier alpha value is -0.780. The molecule has 2 aromatic rings. The summed E-state index contributed by atoms with van der Waals surface area (Å²) in [6, 6.07) is 9.57. The summed E-state index contributed by atoms with van der Waals surface area (Å²) in [5, 5.41) is 3.26. The van der Waals surface area contributed by atoms with Crippen molar-refractivity contribution in [3.05, 3.63) is 68.1 Å². The van der Waals surface area contributed by atoms with E-state index in [1.807, 2.05) is 19.1 Å². The molecule has 0 aliphatic carbocycles. The van der Waals surface area contributed by atoms with Gasteiger partial charge in [0.1, 0.15) is 11.6 Å². The Morgan fingerprint density at radius 1 is 1.05 bits per heavy atom. The van der Waals surface area contributed by atoms with E-state index >= 15 is 0 Å². The Labute approximate surface area is 140 Å². The third-order valence-electron chi connectivity index (χ3n) is 3.25. The first kappa shape index (κ1) is 16.6. The molecule has 21 heavy (non-hydrogen) atoms. The molecule has 1 N–H and O–H groups in total. The molecule has 0 aliphatic rings. The normalized spacial score (nSPS) is 12.4. The Morgan fingerprint density at radius 3 is 2.38 bits per heavy atom. The molecule has 0 fully saturated rings. The molecule has 0 aliphatic heterocycles. The summed E-state index contributed by atoms with van der Waals surface area (Å²) in [5.74, 6) is -0.585. The molecule has 0 radical (unpaired) electrons. The highest BCUT2D eigenvalue weighted by Gasteiger charge is 2.20. The fourth-order valence-corrected chi connectivity index (χ4v) is 3.34. The summed E-state index contributed by atoms with van der Waals surface area (Å²) in [6.45, 7) is 2.65. The average Bonchev–Trinajstić information content (AvgIpc) is 2.44. The topological polar surface area (TPSA) is 12.0 Å². The number of benzene rings is 2. The maximum atomic E-state index is 14.2. The SMILES string of the molecule is CCNC(Cc1cccc(F)c1Br)c1c(F)cccc1Br. The van der Waals surface area contributed by atoms with Crippen molar-refractivity contribution in [3.63, 3.8) is 0 Å². The second-order valence-corrected chi connectivity index (χ2v) is 6.31. The minimum atomic E-state index is -0.310. The first-order chi connectivity index (χ1) is 10.0. The van der Waals surface area contributed by atoms with Crippen molar-refractivity contribution >= 4 is 31.9 Å². The van der Waals surface area contributed by atoms with Gasteiger partial charge in [0, 0.05) is 16.1 Å². The molecular formula is C16H15Br2F2N. The number of hydrogen-bond donors (Lipinski definition) is 1. The third-order valence-corrected chi connectivity index (χ3v) is 4.83. The fraction of sp³-hybridized carbons (Fsp3) is 0.250. The maximum absolute atomic E-state index is 14.2. The molecule has 2 rings (SSSR count). The first-order valence-electron chi connectivity index (χ1n) is 6.64. The van der Waals surface area contributed by atoms with Crippen molar-refractivity contribution in [1.29, 1.82) is 0 Å². The number of halogens is 4. The highest BCUT2D eigenvalue weighted by molar-refractivity contribution is 9.10. The van der Waals surface area contributed by atoms with Crippen LogP contribution in [0.1, 0.15) is 24.1 Å². The van der Waals surface area contributed by atoms with Gasteiger partial charge in [0.15, 0.2) is 0 Å². The predicted octanol–water partition coefficient (Wildman–Crippen LogP) is 5.38. The van der Waals surface area contributed by atoms with Gasteiger partial charge in [0.2, 0.25) is 0 Å². The van der Waals surface area contributed by atoms with Crippen LogP contribution < -0.4 is 5.32 Å². The van der Waals surface area contributed by atoms with Crippen molar-refractivity contribution in [1.82, 2.24) is 5.32 Å². The van der Waals surface area contributed by atoms with Crippen molar-refractivity contribution in [2.45, 2.75) is 19.4 Å². The molecule has 0 saturated carbocycles. The van der Waals surface area contributed by atoms with Gasteiger partial charge in [-0.1, -0.05) is 41.1 Å². The molecular weight excluding hydrogens is 404 g/mol. The standard InChI is InChI=1S/C16H15Br2F2N/c1-2-21-14(15-11(17)6-4-7-12(15)19)9-10-5-3-8-13(20)16(10)18/h3-8,14,21H,2,9H2,1H3. The Kier molecular flexibility index (Phi) is 5.90. The maximum Gasteiger partial charge on any atom is 0.137 e. The van der Waals surface area contributed by atoms with E-state index in [2.05, 4.69) is 37.2 Å². The van der Waals surface area contributed by atoms with Crippen molar-refractivity contribution in [2.24, 2.45) is 0 Å². The minimum Gasteiger partial charge on any atom is -0.310 e. The molecule has 5 heteroatoms. The first-order valence-corrected chi connectivity index (χ1v) is 8.23. The molecule has 1 unspecified atom stereocenters. The van der Waals surface area contributed by atoms with Crippen LogP contribution in [-0.2, 0) is 6.42 Å². The average molecular weight is 419 g/mol. The quantitative estimate of drug-likeness (QED) is 0.686. The van der Waals surface area contributed by atoms with Crippen LogP contribution in [-0.4, -0.2) is 6.54 Å². The summed E-state index contributed by atoms with van der Waals surface area (Å²) >= 11 is 6.66. The number of rotatable bonds is 5. The lowest BCUT2D eigenvalue weighted by Gasteiger charge is -2.21. The van der Waals surface area contributed by atoms with E-state index in [0.717, 1.165) is 5.56 Å². The van der Waals surface area contributed by atoms with Gasteiger partial charge >= 0.3 is 0 Å². The van der Waals surface area contributed by atoms with Gasteiger partial charge < -0.3 is 5.32 Å². The summed E-state index contributed by atoms with van der Waals surface area (Å²) in [4.78, 5) is 0. The van der Waals surface area contributed by atoms with Crippen LogP contribution in [0.2, 0.25) is 0 Å². The van der Waals surface area contributed by atoms with E-state index in [1.54, 1.807) is 12.1 Å². The molecule has 0 bridgehead atoms. The van der Waals surface area contributed by atoms with E-state index in [0.29, 0.717) is 27.5 Å². The van der Waals surface area contributed by atoms with Crippen molar-refractivity contribution in [2.75, 3.05) is 6.54 Å². The minimum absolute atomic E-state index is 0.233. The van der Waals surface area contributed by atoms with Gasteiger partial charge in [-0.25, -0.2) is 8.78 Å². The van der Waals surface area contributed by atoms with Crippen LogP contribution in [0.4, 0.5) is 8.78 Å². The Bertz CT molecular complexity index is 611. The molecule has 112 valence electrons.